The van der Waals surface area contributed by atoms with Gasteiger partial charge in [-0.2, -0.15) is 0 Å². The third-order valence-electron chi connectivity index (χ3n) is 2.39. The van der Waals surface area contributed by atoms with E-state index in [2.05, 4.69) is 38.4 Å². The summed E-state index contributed by atoms with van der Waals surface area (Å²) in [4.78, 5) is 0. The molecule has 1 N–H and O–H groups in total. The van der Waals surface area contributed by atoms with Crippen molar-refractivity contribution in [3.05, 3.63) is 33.5 Å². The lowest BCUT2D eigenvalue weighted by atomic mass is 10.2. The first-order chi connectivity index (χ1) is 8.70. The lowest BCUT2D eigenvalue weighted by molar-refractivity contribution is 0.628. The van der Waals surface area contributed by atoms with Crippen LogP contribution >= 0.6 is 27.3 Å². The molecule has 1 aromatic carbocycles. The number of nitrogens with one attached hydrogen (secondary N) is 1. The first-order valence-corrected chi connectivity index (χ1v) is 7.30. The lowest BCUT2D eigenvalue weighted by Gasteiger charge is -1.99. The molecule has 6 heteroatoms. The Labute approximate surface area is 118 Å². The zero-order chi connectivity index (χ0) is 13.0. The molecule has 0 fully saturated rings. The molecule has 0 unspecified atom stereocenters. The summed E-state index contributed by atoms with van der Waals surface area (Å²) < 4.78 is 14.0. The molecule has 0 aliphatic carbocycles. The molecule has 0 bridgehead atoms. The van der Waals surface area contributed by atoms with Crippen molar-refractivity contribution in [1.82, 2.24) is 15.5 Å². The molecule has 18 heavy (non-hydrogen) atoms. The van der Waals surface area contributed by atoms with E-state index in [1.165, 1.54) is 23.5 Å². The van der Waals surface area contributed by atoms with E-state index in [1.807, 2.05) is 0 Å². The lowest BCUT2D eigenvalue weighted by Crippen LogP contribution is -2.15. The Morgan fingerprint density at radius 3 is 3.00 bits per heavy atom. The monoisotopic (exact) mass is 329 g/mol. The molecular formula is C12H13BrFN3S. The zero-order valence-electron chi connectivity index (χ0n) is 9.91. The van der Waals surface area contributed by atoms with Gasteiger partial charge in [0.1, 0.15) is 15.8 Å². The van der Waals surface area contributed by atoms with Crippen LogP contribution in [0.1, 0.15) is 11.9 Å². The van der Waals surface area contributed by atoms with E-state index < -0.39 is 0 Å². The standard InChI is InChI=1S/C12H13BrFN3S/c1-2-15-6-5-11-16-17-12(18-11)9-7-8(14)3-4-10(9)13/h3-4,7,15H,2,5-6H2,1H3. The Kier molecular flexibility index (Phi) is 4.79. The maximum absolute atomic E-state index is 13.2. The van der Waals surface area contributed by atoms with E-state index in [1.54, 1.807) is 6.07 Å². The summed E-state index contributed by atoms with van der Waals surface area (Å²) in [5.74, 6) is -0.266. The number of nitrogens with zero attached hydrogens (tertiary/aromatic N) is 2. The van der Waals surface area contributed by atoms with Crippen LogP contribution in [0, 0.1) is 5.82 Å². The molecular weight excluding hydrogens is 317 g/mol. The van der Waals surface area contributed by atoms with Gasteiger partial charge in [0.05, 0.1) is 0 Å². The molecule has 0 spiro atoms. The van der Waals surface area contributed by atoms with Gasteiger partial charge in [-0.1, -0.05) is 34.2 Å². The summed E-state index contributed by atoms with van der Waals surface area (Å²) in [6.45, 7) is 3.89. The topological polar surface area (TPSA) is 37.8 Å². The molecule has 0 radical (unpaired) electrons. The minimum Gasteiger partial charge on any atom is -0.317 e. The van der Waals surface area contributed by atoms with E-state index in [4.69, 9.17) is 0 Å². The summed E-state index contributed by atoms with van der Waals surface area (Å²) in [5.41, 5.74) is 0.752. The molecule has 2 rings (SSSR count). The van der Waals surface area contributed by atoms with E-state index >= 15 is 0 Å². The molecule has 3 nitrogen and oxygen atoms in total. The highest BCUT2D eigenvalue weighted by Crippen LogP contribution is 2.31. The van der Waals surface area contributed by atoms with Gasteiger partial charge in [0, 0.05) is 23.0 Å². The summed E-state index contributed by atoms with van der Waals surface area (Å²) in [6, 6.07) is 4.57. The zero-order valence-corrected chi connectivity index (χ0v) is 12.3. The van der Waals surface area contributed by atoms with Crippen LogP contribution in [0.2, 0.25) is 0 Å². The van der Waals surface area contributed by atoms with Crippen LogP contribution in [-0.4, -0.2) is 23.3 Å². The van der Waals surface area contributed by atoms with Crippen LogP contribution in [0.15, 0.2) is 22.7 Å². The second-order valence-corrected chi connectivity index (χ2v) is 5.65. The molecule has 96 valence electrons. The van der Waals surface area contributed by atoms with Crippen LogP contribution < -0.4 is 5.32 Å². The van der Waals surface area contributed by atoms with Gasteiger partial charge in [0.2, 0.25) is 0 Å². The molecule has 0 aliphatic rings. The van der Waals surface area contributed by atoms with E-state index in [9.17, 15) is 4.39 Å². The predicted octanol–water partition coefficient (Wildman–Crippen LogP) is 3.26. The van der Waals surface area contributed by atoms with Crippen molar-refractivity contribution < 1.29 is 4.39 Å². The molecule has 0 amide bonds. The molecule has 2 aromatic rings. The summed E-state index contributed by atoms with van der Waals surface area (Å²) >= 11 is 4.90. The van der Waals surface area contributed by atoms with Crippen molar-refractivity contribution in [3.8, 4) is 10.6 Å². The van der Waals surface area contributed by atoms with E-state index in [0.29, 0.717) is 0 Å². The number of rotatable bonds is 5. The smallest absolute Gasteiger partial charge is 0.149 e. The maximum Gasteiger partial charge on any atom is 0.149 e. The summed E-state index contributed by atoms with van der Waals surface area (Å²) in [6.07, 6.45) is 0.846. The molecule has 0 saturated heterocycles. The van der Waals surface area contributed by atoms with Gasteiger partial charge in [0.15, 0.2) is 0 Å². The van der Waals surface area contributed by atoms with Crippen molar-refractivity contribution in [2.75, 3.05) is 13.1 Å². The quantitative estimate of drug-likeness (QED) is 0.855. The largest absolute Gasteiger partial charge is 0.317 e. The Morgan fingerprint density at radius 2 is 2.22 bits per heavy atom. The highest BCUT2D eigenvalue weighted by Gasteiger charge is 2.10. The third kappa shape index (κ3) is 3.34. The molecule has 0 aliphatic heterocycles. The first-order valence-electron chi connectivity index (χ1n) is 5.69. The normalized spacial score (nSPS) is 10.8. The minimum absolute atomic E-state index is 0.266. The van der Waals surface area contributed by atoms with E-state index in [-0.39, 0.29) is 5.82 Å². The van der Waals surface area contributed by atoms with Gasteiger partial charge in [-0.25, -0.2) is 4.39 Å². The van der Waals surface area contributed by atoms with Gasteiger partial charge in [0.25, 0.3) is 0 Å². The number of benzene rings is 1. The summed E-state index contributed by atoms with van der Waals surface area (Å²) in [5, 5.41) is 13.2. The predicted molar refractivity (Wildman–Crippen MR) is 75.3 cm³/mol. The number of halogens is 2. The Bertz CT molecular complexity index is 530. The Morgan fingerprint density at radius 1 is 1.39 bits per heavy atom. The van der Waals surface area contributed by atoms with Crippen molar-refractivity contribution in [1.29, 1.82) is 0 Å². The highest BCUT2D eigenvalue weighted by molar-refractivity contribution is 9.10. The van der Waals surface area contributed by atoms with Crippen LogP contribution in [0.3, 0.4) is 0 Å². The number of aromatic nitrogens is 2. The maximum atomic E-state index is 13.2. The van der Waals surface area contributed by atoms with Gasteiger partial charge in [-0.3, -0.25) is 0 Å². The van der Waals surface area contributed by atoms with Crippen molar-refractivity contribution in [3.63, 3.8) is 0 Å². The van der Waals surface area contributed by atoms with Crippen molar-refractivity contribution in [2.24, 2.45) is 0 Å². The fraction of sp³-hybridized carbons (Fsp3) is 0.333. The number of hydrogen-bond acceptors (Lipinski definition) is 4. The second-order valence-electron chi connectivity index (χ2n) is 3.73. The Hall–Kier alpha value is -0.850. The molecule has 0 saturated carbocycles. The average molecular weight is 330 g/mol. The van der Waals surface area contributed by atoms with Crippen LogP contribution in [0.5, 0.6) is 0 Å². The molecule has 1 heterocycles. The van der Waals surface area contributed by atoms with Crippen molar-refractivity contribution in [2.45, 2.75) is 13.3 Å². The summed E-state index contributed by atoms with van der Waals surface area (Å²) in [7, 11) is 0. The molecule has 1 aromatic heterocycles. The van der Waals surface area contributed by atoms with Gasteiger partial charge >= 0.3 is 0 Å². The number of hydrogen-bond donors (Lipinski definition) is 1. The molecule has 0 atom stereocenters. The Balaban J connectivity index is 2.16. The average Bonchev–Trinajstić information content (AvgIpc) is 2.81. The van der Waals surface area contributed by atoms with Crippen LogP contribution in [0.25, 0.3) is 10.6 Å². The van der Waals surface area contributed by atoms with Crippen molar-refractivity contribution >= 4 is 27.3 Å². The fourth-order valence-corrected chi connectivity index (χ4v) is 2.93. The van der Waals surface area contributed by atoms with Crippen LogP contribution in [-0.2, 0) is 6.42 Å². The number of likely N-dealkylation sites (N-methyl/N-ethyl adjacent to an activating group) is 1. The van der Waals surface area contributed by atoms with Gasteiger partial charge < -0.3 is 5.32 Å². The second kappa shape index (κ2) is 6.36. The van der Waals surface area contributed by atoms with Crippen LogP contribution in [0.4, 0.5) is 4.39 Å². The highest BCUT2D eigenvalue weighted by atomic mass is 79.9. The van der Waals surface area contributed by atoms with E-state index in [0.717, 1.165) is 39.6 Å². The first kappa shape index (κ1) is 13.6. The van der Waals surface area contributed by atoms with Gasteiger partial charge in [-0.15, -0.1) is 10.2 Å². The van der Waals surface area contributed by atoms with Gasteiger partial charge in [-0.05, 0) is 24.7 Å². The minimum atomic E-state index is -0.266. The fourth-order valence-electron chi connectivity index (χ4n) is 1.50. The SMILES string of the molecule is CCNCCc1nnc(-c2cc(F)ccc2Br)s1. The third-order valence-corrected chi connectivity index (χ3v) is 4.10.